The van der Waals surface area contributed by atoms with Crippen LogP contribution in [0.4, 0.5) is 0 Å². The van der Waals surface area contributed by atoms with E-state index >= 15 is 0 Å². The van der Waals surface area contributed by atoms with E-state index in [0.29, 0.717) is 12.8 Å². The summed E-state index contributed by atoms with van der Waals surface area (Å²) in [6, 6.07) is 0. The number of hydrogen-bond donors (Lipinski definition) is 5. The SMILES string of the molecule is CCCCCCCCCCCCCCCC(O)(O)C(O)(O)C(=O)O.[Ca]. The van der Waals surface area contributed by atoms with Crippen molar-refractivity contribution >= 4 is 43.7 Å². The van der Waals surface area contributed by atoms with E-state index in [9.17, 15) is 15.0 Å². The molecule has 6 nitrogen and oxygen atoms in total. The van der Waals surface area contributed by atoms with Crippen molar-refractivity contribution in [1.82, 2.24) is 0 Å². The van der Waals surface area contributed by atoms with E-state index in [1.165, 1.54) is 51.4 Å². The van der Waals surface area contributed by atoms with Crippen molar-refractivity contribution in [2.45, 2.75) is 108 Å². The summed E-state index contributed by atoms with van der Waals surface area (Å²) in [7, 11) is 0. The molecule has 2 radical (unpaired) electrons. The van der Waals surface area contributed by atoms with E-state index < -0.39 is 17.5 Å². The van der Waals surface area contributed by atoms with Gasteiger partial charge in [0.25, 0.3) is 0 Å². The smallest absolute Gasteiger partial charge is 0.370 e. The summed E-state index contributed by atoms with van der Waals surface area (Å²) in [5.74, 6) is -8.64. The van der Waals surface area contributed by atoms with Crippen LogP contribution in [0, 0.1) is 0 Å². The zero-order chi connectivity index (χ0) is 18.5. The Morgan fingerprint density at radius 3 is 1.32 bits per heavy atom. The molecule has 0 aromatic carbocycles. The number of aliphatic hydroxyl groups is 4. The Labute approximate surface area is 181 Å². The summed E-state index contributed by atoms with van der Waals surface area (Å²) in [6.45, 7) is 2.22. The molecular weight excluding hydrogens is 352 g/mol. The van der Waals surface area contributed by atoms with E-state index in [-0.39, 0.29) is 44.2 Å². The van der Waals surface area contributed by atoms with Gasteiger partial charge in [-0.05, 0) is 6.42 Å². The number of carbonyl (C=O) groups is 1. The molecule has 0 bridgehead atoms. The molecule has 0 aliphatic carbocycles. The minimum absolute atomic E-state index is 0. The van der Waals surface area contributed by atoms with Crippen LogP contribution >= 0.6 is 0 Å². The summed E-state index contributed by atoms with van der Waals surface area (Å²) < 4.78 is 0. The summed E-state index contributed by atoms with van der Waals surface area (Å²) >= 11 is 0. The molecule has 0 saturated heterocycles. The van der Waals surface area contributed by atoms with Gasteiger partial charge in [-0.25, -0.2) is 4.79 Å². The van der Waals surface area contributed by atoms with Crippen molar-refractivity contribution in [3.8, 4) is 0 Å². The van der Waals surface area contributed by atoms with E-state index in [1.54, 1.807) is 0 Å². The molecule has 0 amide bonds. The molecular formula is C18H36CaO6. The first-order chi connectivity index (χ1) is 11.3. The fourth-order valence-corrected chi connectivity index (χ4v) is 2.73. The Balaban J connectivity index is 0. The molecule has 0 atom stereocenters. The zero-order valence-electron chi connectivity index (χ0n) is 15.8. The zero-order valence-corrected chi connectivity index (χ0v) is 18.0. The van der Waals surface area contributed by atoms with Crippen LogP contribution in [-0.4, -0.2) is 80.8 Å². The molecule has 0 aliphatic rings. The van der Waals surface area contributed by atoms with Crippen LogP contribution in [-0.2, 0) is 4.79 Å². The van der Waals surface area contributed by atoms with Crippen molar-refractivity contribution in [2.75, 3.05) is 0 Å². The predicted octanol–water partition coefficient (Wildman–Crippen LogP) is 2.53. The minimum Gasteiger partial charge on any atom is -0.477 e. The van der Waals surface area contributed by atoms with Crippen LogP contribution in [0.1, 0.15) is 96.8 Å². The number of aliphatic carboxylic acids is 1. The average molecular weight is 389 g/mol. The van der Waals surface area contributed by atoms with Crippen molar-refractivity contribution in [3.05, 3.63) is 0 Å². The standard InChI is InChI=1S/C18H36O6.Ca/c1-2-3-4-5-6-7-8-9-10-11-12-13-14-15-17(21,22)18(23,24)16(19)20;/h21-24H,2-15H2,1H3,(H,19,20);. The third-order valence-electron chi connectivity index (χ3n) is 4.49. The molecule has 0 aliphatic heterocycles. The van der Waals surface area contributed by atoms with Gasteiger partial charge in [0.15, 0.2) is 0 Å². The van der Waals surface area contributed by atoms with E-state index in [2.05, 4.69) is 6.92 Å². The second-order valence-corrected chi connectivity index (χ2v) is 6.79. The first-order valence-electron chi connectivity index (χ1n) is 9.38. The van der Waals surface area contributed by atoms with Gasteiger partial charge in [0, 0.05) is 44.2 Å². The van der Waals surface area contributed by atoms with Gasteiger partial charge in [0.1, 0.15) is 0 Å². The molecule has 0 saturated carbocycles. The first kappa shape index (κ1) is 27.8. The molecule has 0 aromatic rings. The van der Waals surface area contributed by atoms with Gasteiger partial charge in [-0.1, -0.05) is 84.0 Å². The molecule has 0 unspecified atom stereocenters. The van der Waals surface area contributed by atoms with Crippen LogP contribution in [0.15, 0.2) is 0 Å². The maximum atomic E-state index is 10.6. The third-order valence-corrected chi connectivity index (χ3v) is 4.49. The third kappa shape index (κ3) is 12.6. The van der Waals surface area contributed by atoms with Crippen molar-refractivity contribution in [1.29, 1.82) is 0 Å². The molecule has 146 valence electrons. The maximum absolute atomic E-state index is 10.6. The van der Waals surface area contributed by atoms with Gasteiger partial charge in [0.2, 0.25) is 5.79 Å². The second kappa shape index (κ2) is 15.6. The van der Waals surface area contributed by atoms with Gasteiger partial charge in [0.05, 0.1) is 0 Å². The Morgan fingerprint density at radius 2 is 1.00 bits per heavy atom. The Kier molecular flexibility index (Phi) is 17.3. The topological polar surface area (TPSA) is 118 Å². The van der Waals surface area contributed by atoms with Crippen molar-refractivity contribution in [2.24, 2.45) is 0 Å². The quantitative estimate of drug-likeness (QED) is 0.157. The van der Waals surface area contributed by atoms with Gasteiger partial charge >= 0.3 is 11.8 Å². The number of carboxylic acids is 1. The summed E-state index contributed by atoms with van der Waals surface area (Å²) in [6.07, 6.45) is 14.2. The number of hydrogen-bond acceptors (Lipinski definition) is 5. The molecule has 0 fully saturated rings. The maximum Gasteiger partial charge on any atom is 0.370 e. The molecule has 7 heteroatoms. The van der Waals surface area contributed by atoms with Gasteiger partial charge in [-0.2, -0.15) is 0 Å². The molecule has 0 rings (SSSR count). The van der Waals surface area contributed by atoms with Gasteiger partial charge in [-0.15, -0.1) is 0 Å². The van der Waals surface area contributed by atoms with Crippen LogP contribution < -0.4 is 0 Å². The molecule has 5 N–H and O–H groups in total. The van der Waals surface area contributed by atoms with Crippen LogP contribution in [0.2, 0.25) is 0 Å². The fourth-order valence-electron chi connectivity index (χ4n) is 2.73. The molecule has 0 aromatic heterocycles. The normalized spacial score (nSPS) is 12.0. The van der Waals surface area contributed by atoms with Crippen molar-refractivity contribution in [3.63, 3.8) is 0 Å². The summed E-state index contributed by atoms with van der Waals surface area (Å²) in [5.41, 5.74) is 0. The number of rotatable bonds is 16. The second-order valence-electron chi connectivity index (χ2n) is 6.79. The first-order valence-corrected chi connectivity index (χ1v) is 9.38. The van der Waals surface area contributed by atoms with Gasteiger partial charge in [-0.3, -0.25) is 0 Å². The molecule has 0 heterocycles. The largest absolute Gasteiger partial charge is 0.477 e. The number of unbranched alkanes of at least 4 members (excludes halogenated alkanes) is 12. The van der Waals surface area contributed by atoms with Crippen molar-refractivity contribution < 1.29 is 30.3 Å². The number of carboxylic acid groups (broad SMARTS) is 1. The Hall–Kier alpha value is 0.570. The monoisotopic (exact) mass is 388 g/mol. The summed E-state index contributed by atoms with van der Waals surface area (Å²) in [5, 5.41) is 45.8. The van der Waals surface area contributed by atoms with E-state index in [0.717, 1.165) is 19.3 Å². The minimum atomic E-state index is -3.54. The van der Waals surface area contributed by atoms with Crippen LogP contribution in [0.3, 0.4) is 0 Å². The molecule has 25 heavy (non-hydrogen) atoms. The molecule has 0 spiro atoms. The average Bonchev–Trinajstić information content (AvgIpc) is 2.51. The predicted molar refractivity (Wildman–Crippen MR) is 98.0 cm³/mol. The summed E-state index contributed by atoms with van der Waals surface area (Å²) in [4.78, 5) is 10.6. The fraction of sp³-hybridized carbons (Fsp3) is 0.944. The van der Waals surface area contributed by atoms with Crippen LogP contribution in [0.5, 0.6) is 0 Å². The Morgan fingerprint density at radius 1 is 0.680 bits per heavy atom. The van der Waals surface area contributed by atoms with Gasteiger partial charge < -0.3 is 25.5 Å². The van der Waals surface area contributed by atoms with Crippen LogP contribution in [0.25, 0.3) is 0 Å². The Bertz CT molecular complexity index is 334. The van der Waals surface area contributed by atoms with E-state index in [1.807, 2.05) is 0 Å². The van der Waals surface area contributed by atoms with E-state index in [4.69, 9.17) is 15.3 Å².